The Morgan fingerprint density at radius 2 is 2.06 bits per heavy atom. The average Bonchev–Trinajstić information content (AvgIpc) is 2.29. The van der Waals surface area contributed by atoms with Crippen molar-refractivity contribution in [2.45, 2.75) is 18.9 Å². The van der Waals surface area contributed by atoms with Gasteiger partial charge in [0.25, 0.3) is 0 Å². The summed E-state index contributed by atoms with van der Waals surface area (Å²) < 4.78 is 0.958. The van der Waals surface area contributed by atoms with Crippen LogP contribution >= 0.6 is 15.9 Å². The molecule has 1 atom stereocenters. The van der Waals surface area contributed by atoms with E-state index in [2.05, 4.69) is 34.2 Å². The minimum absolute atomic E-state index is 0.211. The van der Waals surface area contributed by atoms with Gasteiger partial charge in [-0.2, -0.15) is 0 Å². The van der Waals surface area contributed by atoms with Gasteiger partial charge in [-0.15, -0.1) is 18.1 Å². The van der Waals surface area contributed by atoms with Crippen molar-refractivity contribution in [3.05, 3.63) is 52.2 Å². The second-order valence-electron chi connectivity index (χ2n) is 3.55. The van der Waals surface area contributed by atoms with Crippen molar-refractivity contribution >= 4 is 15.9 Å². The molecule has 1 aromatic carbocycles. The summed E-state index contributed by atoms with van der Waals surface area (Å²) >= 11 is 3.35. The molecule has 1 N–H and O–H groups in total. The first-order valence-corrected chi connectivity index (χ1v) is 5.63. The van der Waals surface area contributed by atoms with Crippen LogP contribution in [0.3, 0.4) is 0 Å². The van der Waals surface area contributed by atoms with Gasteiger partial charge in [-0.3, -0.25) is 0 Å². The number of rotatable bonds is 3. The van der Waals surface area contributed by atoms with E-state index in [0.29, 0.717) is 5.57 Å². The Kier molecular flexibility index (Phi) is 4.15. The summed E-state index contributed by atoms with van der Waals surface area (Å²) in [6.07, 6.45) is 5.50. The molecule has 0 aliphatic heterocycles. The van der Waals surface area contributed by atoms with Crippen LogP contribution in [-0.2, 0) is 5.60 Å². The minimum Gasteiger partial charge on any atom is -0.379 e. The van der Waals surface area contributed by atoms with E-state index in [-0.39, 0.29) is 6.42 Å². The normalized spacial score (nSPS) is 13.4. The third-order valence-electron chi connectivity index (χ3n) is 2.57. The van der Waals surface area contributed by atoms with E-state index >= 15 is 0 Å². The standard InChI is InChI=1S/C14H13BrO/c1-4-10-14(16,11(3)5-2)12-6-8-13(15)9-7-12/h1,6-9,16H,2,10H2,3H3. The summed E-state index contributed by atoms with van der Waals surface area (Å²) in [5, 5.41) is 10.5. The number of hydrogen-bond acceptors (Lipinski definition) is 1. The lowest BCUT2D eigenvalue weighted by Crippen LogP contribution is -2.26. The molecule has 0 aliphatic carbocycles. The van der Waals surface area contributed by atoms with E-state index in [9.17, 15) is 5.11 Å². The summed E-state index contributed by atoms with van der Waals surface area (Å²) in [5.41, 5.74) is 2.93. The largest absolute Gasteiger partial charge is 0.379 e. The van der Waals surface area contributed by atoms with Crippen LogP contribution in [0.2, 0.25) is 0 Å². The Bertz CT molecular complexity index is 461. The SMILES string of the molecule is C#CCC(O)(C(C)=C=C)c1ccc(Br)cc1. The lowest BCUT2D eigenvalue weighted by atomic mass is 9.85. The molecular formula is C14H13BrO. The topological polar surface area (TPSA) is 20.2 Å². The lowest BCUT2D eigenvalue weighted by Gasteiger charge is -2.26. The van der Waals surface area contributed by atoms with Gasteiger partial charge in [0.1, 0.15) is 5.60 Å². The van der Waals surface area contributed by atoms with Crippen LogP contribution in [0.4, 0.5) is 0 Å². The highest BCUT2D eigenvalue weighted by Gasteiger charge is 2.30. The van der Waals surface area contributed by atoms with Crippen LogP contribution in [0, 0.1) is 12.3 Å². The first-order chi connectivity index (χ1) is 7.54. The first kappa shape index (κ1) is 12.8. The number of halogens is 1. The minimum atomic E-state index is -1.17. The maximum absolute atomic E-state index is 10.5. The Morgan fingerprint density at radius 3 is 2.50 bits per heavy atom. The second-order valence-corrected chi connectivity index (χ2v) is 4.47. The highest BCUT2D eigenvalue weighted by molar-refractivity contribution is 9.10. The molecule has 0 saturated carbocycles. The second kappa shape index (κ2) is 5.18. The molecule has 82 valence electrons. The van der Waals surface area contributed by atoms with Crippen molar-refractivity contribution in [1.29, 1.82) is 0 Å². The third-order valence-corrected chi connectivity index (χ3v) is 3.09. The van der Waals surface area contributed by atoms with Gasteiger partial charge in [0.05, 0.1) is 0 Å². The van der Waals surface area contributed by atoms with Gasteiger partial charge >= 0.3 is 0 Å². The van der Waals surface area contributed by atoms with E-state index in [1.165, 1.54) is 0 Å². The maximum atomic E-state index is 10.5. The molecule has 0 radical (unpaired) electrons. The monoisotopic (exact) mass is 276 g/mol. The Labute approximate surface area is 105 Å². The Balaban J connectivity index is 3.28. The third kappa shape index (κ3) is 2.46. The fourth-order valence-corrected chi connectivity index (χ4v) is 1.74. The molecular weight excluding hydrogens is 264 g/mol. The van der Waals surface area contributed by atoms with E-state index in [1.807, 2.05) is 24.3 Å². The smallest absolute Gasteiger partial charge is 0.129 e. The number of benzene rings is 1. The van der Waals surface area contributed by atoms with Crippen LogP contribution in [0.5, 0.6) is 0 Å². The summed E-state index contributed by atoms with van der Waals surface area (Å²) in [4.78, 5) is 0. The molecule has 0 fully saturated rings. The molecule has 0 aliphatic rings. The molecule has 1 aromatic rings. The van der Waals surface area contributed by atoms with Crippen LogP contribution in [-0.4, -0.2) is 5.11 Å². The first-order valence-electron chi connectivity index (χ1n) is 4.83. The predicted molar refractivity (Wildman–Crippen MR) is 69.8 cm³/mol. The van der Waals surface area contributed by atoms with E-state index in [1.54, 1.807) is 6.92 Å². The highest BCUT2D eigenvalue weighted by atomic mass is 79.9. The van der Waals surface area contributed by atoms with Crippen LogP contribution in [0.1, 0.15) is 18.9 Å². The number of hydrogen-bond donors (Lipinski definition) is 1. The lowest BCUT2D eigenvalue weighted by molar-refractivity contribution is 0.0822. The highest BCUT2D eigenvalue weighted by Crippen LogP contribution is 2.32. The molecule has 1 nitrogen and oxygen atoms in total. The van der Waals surface area contributed by atoms with Gasteiger partial charge < -0.3 is 5.11 Å². The zero-order valence-electron chi connectivity index (χ0n) is 9.13. The van der Waals surface area contributed by atoms with Crippen molar-refractivity contribution in [3.63, 3.8) is 0 Å². The van der Waals surface area contributed by atoms with Gasteiger partial charge in [0.15, 0.2) is 0 Å². The Morgan fingerprint density at radius 1 is 1.50 bits per heavy atom. The number of terminal acetylenes is 1. The summed E-state index contributed by atoms with van der Waals surface area (Å²) in [5.74, 6) is 2.49. The van der Waals surface area contributed by atoms with Crippen molar-refractivity contribution in [1.82, 2.24) is 0 Å². The van der Waals surface area contributed by atoms with E-state index in [4.69, 9.17) is 6.42 Å². The van der Waals surface area contributed by atoms with Crippen LogP contribution < -0.4 is 0 Å². The van der Waals surface area contributed by atoms with Gasteiger partial charge in [0.2, 0.25) is 0 Å². The maximum Gasteiger partial charge on any atom is 0.129 e. The van der Waals surface area contributed by atoms with Gasteiger partial charge in [-0.05, 0) is 24.6 Å². The molecule has 16 heavy (non-hydrogen) atoms. The fourth-order valence-electron chi connectivity index (χ4n) is 1.47. The molecule has 2 heteroatoms. The average molecular weight is 277 g/mol. The summed E-state index contributed by atoms with van der Waals surface area (Å²) in [6, 6.07) is 7.41. The predicted octanol–water partition coefficient (Wildman–Crippen LogP) is 3.39. The zero-order chi connectivity index (χ0) is 12.2. The summed E-state index contributed by atoms with van der Waals surface area (Å²) in [7, 11) is 0. The molecule has 0 spiro atoms. The molecule has 0 aromatic heterocycles. The Hall–Kier alpha value is -1.26. The van der Waals surface area contributed by atoms with E-state index < -0.39 is 5.60 Å². The van der Waals surface area contributed by atoms with Crippen molar-refractivity contribution < 1.29 is 5.11 Å². The zero-order valence-corrected chi connectivity index (χ0v) is 10.7. The van der Waals surface area contributed by atoms with Gasteiger partial charge in [-0.25, -0.2) is 0 Å². The van der Waals surface area contributed by atoms with Crippen molar-refractivity contribution in [3.8, 4) is 12.3 Å². The summed E-state index contributed by atoms with van der Waals surface area (Å²) in [6.45, 7) is 5.32. The quantitative estimate of drug-likeness (QED) is 0.663. The molecule has 0 amide bonds. The molecule has 1 rings (SSSR count). The van der Waals surface area contributed by atoms with Crippen molar-refractivity contribution in [2.75, 3.05) is 0 Å². The molecule has 0 bridgehead atoms. The number of aliphatic hydroxyl groups is 1. The van der Waals surface area contributed by atoms with Crippen LogP contribution in [0.15, 0.2) is 46.6 Å². The van der Waals surface area contributed by atoms with Crippen molar-refractivity contribution in [2.24, 2.45) is 0 Å². The molecule has 1 unspecified atom stereocenters. The molecule has 0 saturated heterocycles. The van der Waals surface area contributed by atoms with Crippen LogP contribution in [0.25, 0.3) is 0 Å². The van der Waals surface area contributed by atoms with Gasteiger partial charge in [0, 0.05) is 16.5 Å². The van der Waals surface area contributed by atoms with Gasteiger partial charge in [-0.1, -0.05) is 34.6 Å². The molecule has 0 heterocycles. The fraction of sp³-hybridized carbons (Fsp3) is 0.214. The van der Waals surface area contributed by atoms with E-state index in [0.717, 1.165) is 10.0 Å².